The van der Waals surface area contributed by atoms with Crippen LogP contribution in [0.1, 0.15) is 25.0 Å². The van der Waals surface area contributed by atoms with E-state index < -0.39 is 0 Å². The molecule has 9 rings (SSSR count). The quantitative estimate of drug-likeness (QED) is 0.178. The van der Waals surface area contributed by atoms with E-state index in [1.54, 1.807) is 0 Å². The van der Waals surface area contributed by atoms with E-state index in [0.717, 1.165) is 44.5 Å². The molecule has 0 spiro atoms. The highest BCUT2D eigenvalue weighted by Crippen LogP contribution is 2.49. The summed E-state index contributed by atoms with van der Waals surface area (Å²) >= 11 is 0. The zero-order valence-corrected chi connectivity index (χ0v) is 28.3. The van der Waals surface area contributed by atoms with Gasteiger partial charge in [0.15, 0.2) is 17.5 Å². The third kappa shape index (κ3) is 5.59. The zero-order valence-electron chi connectivity index (χ0n) is 28.3. The Morgan fingerprint density at radius 1 is 0.333 bits per heavy atom. The van der Waals surface area contributed by atoms with Crippen LogP contribution in [-0.2, 0) is 5.41 Å². The maximum absolute atomic E-state index is 5.21. The molecule has 5 heteroatoms. The summed E-state index contributed by atoms with van der Waals surface area (Å²) in [7, 11) is 0. The summed E-state index contributed by atoms with van der Waals surface area (Å²) in [5.41, 5.74) is 14.3. The highest BCUT2D eigenvalue weighted by atomic mass is 15.0. The topological polar surface area (TPSA) is 64.5 Å². The van der Waals surface area contributed by atoms with Crippen molar-refractivity contribution < 1.29 is 0 Å². The summed E-state index contributed by atoms with van der Waals surface area (Å²) < 4.78 is 0. The molecule has 0 fully saturated rings. The molecule has 0 radical (unpaired) electrons. The number of benzene rings is 5. The van der Waals surface area contributed by atoms with Crippen LogP contribution >= 0.6 is 0 Å². The first-order valence-electron chi connectivity index (χ1n) is 17.1. The fourth-order valence-corrected chi connectivity index (χ4v) is 7.23. The minimum Gasteiger partial charge on any atom is -0.265 e. The van der Waals surface area contributed by atoms with E-state index in [-0.39, 0.29) is 5.41 Å². The van der Waals surface area contributed by atoms with Gasteiger partial charge in [0, 0.05) is 46.9 Å². The Morgan fingerprint density at radius 2 is 0.784 bits per heavy atom. The largest absolute Gasteiger partial charge is 0.265 e. The molecule has 0 amide bonds. The van der Waals surface area contributed by atoms with E-state index in [1.165, 1.54) is 27.8 Å². The number of rotatable bonds is 6. The lowest BCUT2D eigenvalue weighted by Gasteiger charge is -2.21. The lowest BCUT2D eigenvalue weighted by Crippen LogP contribution is -2.15. The Morgan fingerprint density at radius 3 is 1.43 bits per heavy atom. The van der Waals surface area contributed by atoms with Gasteiger partial charge in [-0.3, -0.25) is 9.97 Å². The molecule has 0 aliphatic heterocycles. The SMILES string of the molecule is CC1(C)c2ccccc2-c2ccc(-c3nc(-c4ccc(-c5ccccc5)cc4)nc(-c4cc(-c5ccncc5)cc(-c5ccncc5)c4)n3)cc21. The summed E-state index contributed by atoms with van der Waals surface area (Å²) in [6.07, 6.45) is 7.28. The molecular weight excluding hydrogens is 623 g/mol. The van der Waals surface area contributed by atoms with Gasteiger partial charge in [0.25, 0.3) is 0 Å². The van der Waals surface area contributed by atoms with Crippen LogP contribution in [0.25, 0.3) is 78.7 Å². The Kier molecular flexibility index (Phi) is 7.40. The van der Waals surface area contributed by atoms with Gasteiger partial charge in [0.1, 0.15) is 0 Å². The van der Waals surface area contributed by atoms with Crippen molar-refractivity contribution in [1.82, 2.24) is 24.9 Å². The molecule has 0 saturated heterocycles. The molecule has 3 heterocycles. The monoisotopic (exact) mass is 655 g/mol. The van der Waals surface area contributed by atoms with Crippen LogP contribution < -0.4 is 0 Å². The summed E-state index contributed by atoms with van der Waals surface area (Å²) in [5.74, 6) is 1.87. The third-order valence-corrected chi connectivity index (χ3v) is 9.95. The molecule has 0 N–H and O–H groups in total. The van der Waals surface area contributed by atoms with Gasteiger partial charge in [0.05, 0.1) is 0 Å². The number of aromatic nitrogens is 5. The molecular formula is C46H33N5. The molecule has 0 atom stereocenters. The fraction of sp³-hybridized carbons (Fsp3) is 0.0652. The van der Waals surface area contributed by atoms with Crippen LogP contribution in [0.2, 0.25) is 0 Å². The van der Waals surface area contributed by atoms with Crippen LogP contribution in [-0.4, -0.2) is 24.9 Å². The Bertz CT molecular complexity index is 2470. The van der Waals surface area contributed by atoms with Crippen LogP contribution in [0.15, 0.2) is 164 Å². The average molecular weight is 656 g/mol. The third-order valence-electron chi connectivity index (χ3n) is 9.95. The van der Waals surface area contributed by atoms with Gasteiger partial charge in [-0.2, -0.15) is 0 Å². The molecule has 3 aromatic heterocycles. The van der Waals surface area contributed by atoms with Crippen LogP contribution in [0.5, 0.6) is 0 Å². The molecule has 0 saturated carbocycles. The minimum absolute atomic E-state index is 0.147. The maximum atomic E-state index is 5.21. The summed E-state index contributed by atoms with van der Waals surface area (Å²) in [5, 5.41) is 0. The predicted octanol–water partition coefficient (Wildman–Crippen LogP) is 11.0. The first-order valence-corrected chi connectivity index (χ1v) is 17.1. The summed E-state index contributed by atoms with van der Waals surface area (Å²) in [4.78, 5) is 24.0. The number of nitrogens with zero attached hydrogens (tertiary/aromatic N) is 5. The lowest BCUT2D eigenvalue weighted by atomic mass is 9.82. The van der Waals surface area contributed by atoms with Gasteiger partial charge < -0.3 is 0 Å². The highest BCUT2D eigenvalue weighted by Gasteiger charge is 2.35. The smallest absolute Gasteiger partial charge is 0.164 e. The van der Waals surface area contributed by atoms with E-state index in [9.17, 15) is 0 Å². The second kappa shape index (κ2) is 12.4. The molecule has 1 aliphatic rings. The first-order chi connectivity index (χ1) is 25.0. The second-order valence-electron chi connectivity index (χ2n) is 13.5. The average Bonchev–Trinajstić information content (AvgIpc) is 3.44. The van der Waals surface area contributed by atoms with Crippen molar-refractivity contribution in [2.24, 2.45) is 0 Å². The van der Waals surface area contributed by atoms with E-state index in [1.807, 2.05) is 55.1 Å². The predicted molar refractivity (Wildman–Crippen MR) is 206 cm³/mol. The van der Waals surface area contributed by atoms with Crippen molar-refractivity contribution >= 4 is 0 Å². The maximum Gasteiger partial charge on any atom is 0.164 e. The van der Waals surface area contributed by atoms with Gasteiger partial charge in [-0.1, -0.05) is 105 Å². The fourth-order valence-electron chi connectivity index (χ4n) is 7.23. The van der Waals surface area contributed by atoms with E-state index in [2.05, 4.69) is 133 Å². The van der Waals surface area contributed by atoms with Crippen LogP contribution in [0.3, 0.4) is 0 Å². The zero-order chi connectivity index (χ0) is 34.4. The number of fused-ring (bicyclic) bond motifs is 3. The van der Waals surface area contributed by atoms with Crippen molar-refractivity contribution in [1.29, 1.82) is 0 Å². The molecule has 1 aliphatic carbocycles. The van der Waals surface area contributed by atoms with Gasteiger partial charge in [0.2, 0.25) is 0 Å². The van der Waals surface area contributed by atoms with E-state index >= 15 is 0 Å². The van der Waals surface area contributed by atoms with E-state index in [0.29, 0.717) is 17.5 Å². The van der Waals surface area contributed by atoms with Crippen LogP contribution in [0, 0.1) is 0 Å². The van der Waals surface area contributed by atoms with Crippen molar-refractivity contribution in [3.63, 3.8) is 0 Å². The molecule has 0 unspecified atom stereocenters. The minimum atomic E-state index is -0.147. The molecule has 5 nitrogen and oxygen atoms in total. The van der Waals surface area contributed by atoms with Crippen LogP contribution in [0.4, 0.5) is 0 Å². The molecule has 5 aromatic carbocycles. The lowest BCUT2D eigenvalue weighted by molar-refractivity contribution is 0.660. The molecule has 8 aromatic rings. The Hall–Kier alpha value is -6.59. The van der Waals surface area contributed by atoms with Gasteiger partial charge >= 0.3 is 0 Å². The standard InChI is InChI=1S/C46H33N5/c1-46(2)41-11-7-6-10-39(41)40-17-16-35(29-42(40)46)44-49-43(34-14-12-31(13-15-34)30-8-4-3-5-9-30)50-45(51-44)38-27-36(32-18-22-47-23-19-32)26-37(28-38)33-20-24-48-25-21-33/h3-29H,1-2H3. The van der Waals surface area contributed by atoms with Crippen molar-refractivity contribution in [3.05, 3.63) is 175 Å². The Labute approximate surface area is 297 Å². The molecule has 242 valence electrons. The van der Waals surface area contributed by atoms with Gasteiger partial charge in [-0.25, -0.2) is 15.0 Å². The summed E-state index contributed by atoms with van der Waals surface area (Å²) in [6.45, 7) is 4.59. The first kappa shape index (κ1) is 30.5. The van der Waals surface area contributed by atoms with Crippen molar-refractivity contribution in [2.75, 3.05) is 0 Å². The number of hydrogen-bond donors (Lipinski definition) is 0. The van der Waals surface area contributed by atoms with E-state index in [4.69, 9.17) is 15.0 Å². The van der Waals surface area contributed by atoms with Crippen molar-refractivity contribution in [2.45, 2.75) is 19.3 Å². The molecule has 0 bridgehead atoms. The summed E-state index contributed by atoms with van der Waals surface area (Å²) in [6, 6.07) is 48.8. The Balaban J connectivity index is 1.23. The molecule has 51 heavy (non-hydrogen) atoms. The highest BCUT2D eigenvalue weighted by molar-refractivity contribution is 5.84. The number of hydrogen-bond acceptors (Lipinski definition) is 5. The van der Waals surface area contributed by atoms with Gasteiger partial charge in [-0.05, 0) is 104 Å². The second-order valence-corrected chi connectivity index (χ2v) is 13.5. The van der Waals surface area contributed by atoms with Crippen molar-refractivity contribution in [3.8, 4) is 78.7 Å². The van der Waals surface area contributed by atoms with Gasteiger partial charge in [-0.15, -0.1) is 0 Å². The normalized spacial score (nSPS) is 12.7. The number of pyridine rings is 2.